The van der Waals surface area contributed by atoms with Crippen molar-refractivity contribution in [2.24, 2.45) is 0 Å². The predicted molar refractivity (Wildman–Crippen MR) is 91.4 cm³/mol. The number of para-hydroxylation sites is 1. The SMILES string of the molecule is COc1ccc(C(=O)N(C)c2ccccc2I)cc1OC. The summed E-state index contributed by atoms with van der Waals surface area (Å²) >= 11 is 2.22. The van der Waals surface area contributed by atoms with Crippen molar-refractivity contribution in [3.8, 4) is 11.5 Å². The molecular formula is C16H16INO3. The van der Waals surface area contributed by atoms with Crippen LogP contribution in [0, 0.1) is 3.57 Å². The molecule has 0 atom stereocenters. The number of rotatable bonds is 4. The first-order valence-electron chi connectivity index (χ1n) is 6.33. The molecule has 2 aromatic carbocycles. The molecule has 1 amide bonds. The fourth-order valence-corrected chi connectivity index (χ4v) is 2.75. The topological polar surface area (TPSA) is 38.8 Å². The van der Waals surface area contributed by atoms with Gasteiger partial charge < -0.3 is 14.4 Å². The first-order valence-corrected chi connectivity index (χ1v) is 7.41. The van der Waals surface area contributed by atoms with Crippen LogP contribution in [0.1, 0.15) is 10.4 Å². The van der Waals surface area contributed by atoms with Crippen LogP contribution in [0.5, 0.6) is 11.5 Å². The largest absolute Gasteiger partial charge is 0.493 e. The summed E-state index contributed by atoms with van der Waals surface area (Å²) < 4.78 is 11.4. The number of anilines is 1. The van der Waals surface area contributed by atoms with E-state index in [1.165, 1.54) is 0 Å². The van der Waals surface area contributed by atoms with Gasteiger partial charge in [-0.25, -0.2) is 0 Å². The summed E-state index contributed by atoms with van der Waals surface area (Å²) in [5.41, 5.74) is 1.42. The number of carbonyl (C=O) groups is 1. The van der Waals surface area contributed by atoms with E-state index in [1.807, 2.05) is 24.3 Å². The summed E-state index contributed by atoms with van der Waals surface area (Å²) in [6, 6.07) is 12.9. The molecule has 0 spiro atoms. The summed E-state index contributed by atoms with van der Waals surface area (Å²) in [6.45, 7) is 0. The van der Waals surface area contributed by atoms with Crippen LogP contribution >= 0.6 is 22.6 Å². The Balaban J connectivity index is 2.34. The Morgan fingerprint density at radius 3 is 2.33 bits per heavy atom. The highest BCUT2D eigenvalue weighted by molar-refractivity contribution is 14.1. The van der Waals surface area contributed by atoms with Crippen molar-refractivity contribution in [3.05, 3.63) is 51.6 Å². The molecule has 0 aliphatic heterocycles. The van der Waals surface area contributed by atoms with Gasteiger partial charge in [0.25, 0.3) is 5.91 Å². The quantitative estimate of drug-likeness (QED) is 0.741. The molecule has 0 aliphatic rings. The number of hydrogen-bond donors (Lipinski definition) is 0. The van der Waals surface area contributed by atoms with Gasteiger partial charge in [0.1, 0.15) is 0 Å². The molecule has 0 heterocycles. The minimum Gasteiger partial charge on any atom is -0.493 e. The number of ether oxygens (including phenoxy) is 2. The van der Waals surface area contributed by atoms with Crippen LogP contribution in [0.2, 0.25) is 0 Å². The van der Waals surface area contributed by atoms with E-state index in [2.05, 4.69) is 22.6 Å². The lowest BCUT2D eigenvalue weighted by Gasteiger charge is -2.19. The molecule has 5 heteroatoms. The number of methoxy groups -OCH3 is 2. The van der Waals surface area contributed by atoms with E-state index in [4.69, 9.17) is 9.47 Å². The first-order chi connectivity index (χ1) is 10.1. The number of nitrogens with zero attached hydrogens (tertiary/aromatic N) is 1. The lowest BCUT2D eigenvalue weighted by molar-refractivity contribution is 0.0992. The van der Waals surface area contributed by atoms with Gasteiger partial charge in [0, 0.05) is 16.2 Å². The molecule has 21 heavy (non-hydrogen) atoms. The molecule has 110 valence electrons. The molecule has 0 unspecified atom stereocenters. The third-order valence-electron chi connectivity index (χ3n) is 3.15. The fraction of sp³-hybridized carbons (Fsp3) is 0.188. The Bertz CT molecular complexity index is 658. The van der Waals surface area contributed by atoms with Gasteiger partial charge in [-0.2, -0.15) is 0 Å². The highest BCUT2D eigenvalue weighted by Crippen LogP contribution is 2.29. The highest BCUT2D eigenvalue weighted by Gasteiger charge is 2.17. The Hall–Kier alpha value is -1.76. The Kier molecular flexibility index (Phi) is 5.06. The summed E-state index contributed by atoms with van der Waals surface area (Å²) in [6.07, 6.45) is 0. The lowest BCUT2D eigenvalue weighted by Crippen LogP contribution is -2.26. The maximum Gasteiger partial charge on any atom is 0.258 e. The van der Waals surface area contributed by atoms with Crippen molar-refractivity contribution in [2.75, 3.05) is 26.2 Å². The molecule has 4 nitrogen and oxygen atoms in total. The van der Waals surface area contributed by atoms with Gasteiger partial charge in [-0.15, -0.1) is 0 Å². The van der Waals surface area contributed by atoms with Gasteiger partial charge in [-0.3, -0.25) is 4.79 Å². The molecule has 0 fully saturated rings. The van der Waals surface area contributed by atoms with E-state index in [1.54, 1.807) is 44.4 Å². The van der Waals surface area contributed by atoms with Crippen LogP contribution < -0.4 is 14.4 Å². The van der Waals surface area contributed by atoms with E-state index >= 15 is 0 Å². The molecule has 0 saturated carbocycles. The summed E-state index contributed by atoms with van der Waals surface area (Å²) in [5.74, 6) is 1.05. The van der Waals surface area contributed by atoms with Crippen molar-refractivity contribution >= 4 is 34.2 Å². The zero-order chi connectivity index (χ0) is 15.4. The second kappa shape index (κ2) is 6.80. The van der Waals surface area contributed by atoms with E-state index in [-0.39, 0.29) is 5.91 Å². The smallest absolute Gasteiger partial charge is 0.258 e. The van der Waals surface area contributed by atoms with E-state index < -0.39 is 0 Å². The summed E-state index contributed by atoms with van der Waals surface area (Å²) in [7, 11) is 4.88. The number of hydrogen-bond acceptors (Lipinski definition) is 3. The van der Waals surface area contributed by atoms with Crippen LogP contribution in [0.3, 0.4) is 0 Å². The van der Waals surface area contributed by atoms with Crippen molar-refractivity contribution in [3.63, 3.8) is 0 Å². The number of halogens is 1. The monoisotopic (exact) mass is 397 g/mol. The summed E-state index contributed by atoms with van der Waals surface area (Å²) in [5, 5.41) is 0. The maximum absolute atomic E-state index is 12.6. The number of benzene rings is 2. The minimum absolute atomic E-state index is 0.0972. The third kappa shape index (κ3) is 3.29. The van der Waals surface area contributed by atoms with Crippen LogP contribution in [-0.2, 0) is 0 Å². The van der Waals surface area contributed by atoms with Crippen molar-refractivity contribution in [1.82, 2.24) is 0 Å². The standard InChI is InChI=1S/C16H16INO3/c1-18(13-7-5-4-6-12(13)17)16(19)11-8-9-14(20-2)15(10-11)21-3/h4-10H,1-3H3. The Labute approximate surface area is 137 Å². The van der Waals surface area contributed by atoms with Gasteiger partial charge in [-0.1, -0.05) is 12.1 Å². The molecule has 0 N–H and O–H groups in total. The van der Waals surface area contributed by atoms with Gasteiger partial charge >= 0.3 is 0 Å². The lowest BCUT2D eigenvalue weighted by atomic mass is 10.1. The van der Waals surface area contributed by atoms with Gasteiger partial charge in [-0.05, 0) is 52.9 Å². The van der Waals surface area contributed by atoms with E-state index in [9.17, 15) is 4.79 Å². The molecule has 0 bridgehead atoms. The van der Waals surface area contributed by atoms with Crippen LogP contribution in [0.4, 0.5) is 5.69 Å². The Morgan fingerprint density at radius 2 is 1.71 bits per heavy atom. The van der Waals surface area contributed by atoms with Crippen LogP contribution in [0.15, 0.2) is 42.5 Å². The molecule has 0 radical (unpaired) electrons. The molecule has 0 saturated heterocycles. The number of amides is 1. The third-order valence-corrected chi connectivity index (χ3v) is 4.06. The normalized spacial score (nSPS) is 10.1. The molecule has 2 rings (SSSR count). The van der Waals surface area contributed by atoms with Gasteiger partial charge in [0.2, 0.25) is 0 Å². The molecule has 2 aromatic rings. The van der Waals surface area contributed by atoms with Crippen LogP contribution in [0.25, 0.3) is 0 Å². The predicted octanol–water partition coefficient (Wildman–Crippen LogP) is 3.59. The summed E-state index contributed by atoms with van der Waals surface area (Å²) in [4.78, 5) is 14.2. The van der Waals surface area contributed by atoms with E-state index in [0.29, 0.717) is 17.1 Å². The van der Waals surface area contributed by atoms with Crippen LogP contribution in [-0.4, -0.2) is 27.2 Å². The number of carbonyl (C=O) groups excluding carboxylic acids is 1. The molecule has 0 aromatic heterocycles. The van der Waals surface area contributed by atoms with Crippen molar-refractivity contribution < 1.29 is 14.3 Å². The van der Waals surface area contributed by atoms with Gasteiger partial charge in [0.15, 0.2) is 11.5 Å². The highest BCUT2D eigenvalue weighted by atomic mass is 127. The maximum atomic E-state index is 12.6. The van der Waals surface area contributed by atoms with Crippen molar-refractivity contribution in [2.45, 2.75) is 0 Å². The zero-order valence-electron chi connectivity index (χ0n) is 12.1. The second-order valence-electron chi connectivity index (χ2n) is 4.39. The zero-order valence-corrected chi connectivity index (χ0v) is 14.2. The molecular weight excluding hydrogens is 381 g/mol. The fourth-order valence-electron chi connectivity index (χ4n) is 2.00. The second-order valence-corrected chi connectivity index (χ2v) is 5.55. The van der Waals surface area contributed by atoms with Gasteiger partial charge in [0.05, 0.1) is 19.9 Å². The minimum atomic E-state index is -0.0972. The molecule has 0 aliphatic carbocycles. The average Bonchev–Trinajstić information content (AvgIpc) is 2.53. The first kappa shape index (κ1) is 15.6. The average molecular weight is 397 g/mol. The Morgan fingerprint density at radius 1 is 1.05 bits per heavy atom. The van der Waals surface area contributed by atoms with E-state index in [0.717, 1.165) is 9.26 Å². The van der Waals surface area contributed by atoms with Crippen molar-refractivity contribution in [1.29, 1.82) is 0 Å².